The Hall–Kier alpha value is -1.06. The largest absolute Gasteiger partial charge is 0.367 e. The minimum absolute atomic E-state index is 0.533. The molecule has 0 bridgehead atoms. The van der Waals surface area contributed by atoms with Gasteiger partial charge in [0.05, 0.1) is 0 Å². The number of hydrogen-bond donors (Lipinski definition) is 1. The van der Waals surface area contributed by atoms with Crippen LogP contribution in [0.2, 0.25) is 0 Å². The molecule has 1 aliphatic heterocycles. The Morgan fingerprint density at radius 3 is 2.71 bits per heavy atom. The van der Waals surface area contributed by atoms with E-state index in [1.807, 2.05) is 0 Å². The lowest BCUT2D eigenvalue weighted by Gasteiger charge is -2.30. The van der Waals surface area contributed by atoms with Gasteiger partial charge in [0.2, 0.25) is 0 Å². The molecule has 2 rings (SSSR count). The summed E-state index contributed by atoms with van der Waals surface area (Å²) in [6, 6.07) is 8.06. The molecule has 0 spiro atoms. The maximum atomic E-state index is 3.51. The van der Waals surface area contributed by atoms with Gasteiger partial charge in [0, 0.05) is 37.4 Å². The average Bonchev–Trinajstić information content (AvgIpc) is 2.57. The molecule has 1 fully saturated rings. The Morgan fingerprint density at radius 2 is 2.05 bits per heavy atom. The van der Waals surface area contributed by atoms with Gasteiger partial charge in [-0.15, -0.1) is 0 Å². The lowest BCUT2D eigenvalue weighted by Crippen LogP contribution is -2.38. The fraction of sp³-hybridized carbons (Fsp3) is 0.667. The summed E-state index contributed by atoms with van der Waals surface area (Å²) in [4.78, 5) is 5.01. The van der Waals surface area contributed by atoms with Crippen LogP contribution in [0.15, 0.2) is 18.2 Å². The molecule has 21 heavy (non-hydrogen) atoms. The van der Waals surface area contributed by atoms with Crippen molar-refractivity contribution >= 4 is 5.69 Å². The van der Waals surface area contributed by atoms with Gasteiger partial charge in [-0.25, -0.2) is 0 Å². The molecular weight excluding hydrogens is 258 g/mol. The SMILES string of the molecule is Cc1cc(N2CCCN(C)CC2C)ccc1CNC(C)C. The highest BCUT2D eigenvalue weighted by Gasteiger charge is 2.20. The Morgan fingerprint density at radius 1 is 1.29 bits per heavy atom. The molecule has 3 nitrogen and oxygen atoms in total. The summed E-state index contributed by atoms with van der Waals surface area (Å²) in [5.41, 5.74) is 4.18. The van der Waals surface area contributed by atoms with Gasteiger partial charge >= 0.3 is 0 Å². The number of nitrogens with one attached hydrogen (secondary N) is 1. The van der Waals surface area contributed by atoms with Crippen molar-refractivity contribution in [3.63, 3.8) is 0 Å². The van der Waals surface area contributed by atoms with Crippen LogP contribution in [0.4, 0.5) is 5.69 Å². The minimum atomic E-state index is 0.533. The number of benzene rings is 1. The fourth-order valence-corrected chi connectivity index (χ4v) is 3.13. The summed E-state index contributed by atoms with van der Waals surface area (Å²) < 4.78 is 0. The topological polar surface area (TPSA) is 18.5 Å². The Balaban J connectivity index is 2.11. The summed E-state index contributed by atoms with van der Waals surface area (Å²) in [7, 11) is 2.23. The zero-order valence-corrected chi connectivity index (χ0v) is 14.3. The fourth-order valence-electron chi connectivity index (χ4n) is 3.13. The van der Waals surface area contributed by atoms with Crippen molar-refractivity contribution in [2.45, 2.75) is 52.7 Å². The Bertz CT molecular complexity index is 456. The van der Waals surface area contributed by atoms with Crippen LogP contribution in [0, 0.1) is 6.92 Å². The minimum Gasteiger partial charge on any atom is -0.367 e. The predicted octanol–water partition coefficient (Wildman–Crippen LogP) is 3.02. The highest BCUT2D eigenvalue weighted by atomic mass is 15.2. The van der Waals surface area contributed by atoms with E-state index in [2.05, 4.69) is 68.1 Å². The molecule has 0 aliphatic carbocycles. The van der Waals surface area contributed by atoms with Crippen LogP contribution in [0.5, 0.6) is 0 Å². The number of anilines is 1. The van der Waals surface area contributed by atoms with E-state index in [1.54, 1.807) is 0 Å². The van der Waals surface area contributed by atoms with Crippen LogP contribution in [-0.2, 0) is 6.54 Å². The molecule has 0 amide bonds. The van der Waals surface area contributed by atoms with Gasteiger partial charge < -0.3 is 15.1 Å². The number of aryl methyl sites for hydroxylation is 1. The third kappa shape index (κ3) is 4.45. The summed E-state index contributed by atoms with van der Waals surface area (Å²) in [6.07, 6.45) is 1.25. The van der Waals surface area contributed by atoms with Crippen LogP contribution in [0.3, 0.4) is 0 Å². The van der Waals surface area contributed by atoms with Crippen LogP contribution in [0.25, 0.3) is 0 Å². The number of nitrogens with zero attached hydrogens (tertiary/aromatic N) is 2. The maximum Gasteiger partial charge on any atom is 0.0388 e. The van der Waals surface area contributed by atoms with E-state index in [0.29, 0.717) is 12.1 Å². The first-order valence-electron chi connectivity index (χ1n) is 8.25. The number of hydrogen-bond acceptors (Lipinski definition) is 3. The van der Waals surface area contributed by atoms with Gasteiger partial charge in [-0.2, -0.15) is 0 Å². The third-order valence-corrected chi connectivity index (χ3v) is 4.41. The first-order valence-corrected chi connectivity index (χ1v) is 8.25. The van der Waals surface area contributed by atoms with Gasteiger partial charge in [-0.05, 0) is 57.1 Å². The van der Waals surface area contributed by atoms with E-state index in [1.165, 1.54) is 29.8 Å². The second kappa shape index (κ2) is 7.28. The van der Waals surface area contributed by atoms with Gasteiger partial charge in [0.15, 0.2) is 0 Å². The van der Waals surface area contributed by atoms with Crippen molar-refractivity contribution in [3.05, 3.63) is 29.3 Å². The first-order chi connectivity index (χ1) is 9.97. The third-order valence-electron chi connectivity index (χ3n) is 4.41. The predicted molar refractivity (Wildman–Crippen MR) is 92.1 cm³/mol. The van der Waals surface area contributed by atoms with Crippen molar-refractivity contribution in [2.24, 2.45) is 0 Å². The summed E-state index contributed by atoms with van der Waals surface area (Å²) >= 11 is 0. The van der Waals surface area contributed by atoms with Gasteiger partial charge in [0.25, 0.3) is 0 Å². The van der Waals surface area contributed by atoms with Crippen LogP contribution in [-0.4, -0.2) is 43.7 Å². The van der Waals surface area contributed by atoms with Gasteiger partial charge in [0.1, 0.15) is 0 Å². The van der Waals surface area contributed by atoms with Crippen molar-refractivity contribution < 1.29 is 0 Å². The van der Waals surface area contributed by atoms with E-state index in [4.69, 9.17) is 0 Å². The quantitative estimate of drug-likeness (QED) is 0.919. The van der Waals surface area contributed by atoms with E-state index in [-0.39, 0.29) is 0 Å². The van der Waals surface area contributed by atoms with E-state index in [9.17, 15) is 0 Å². The Labute approximate surface area is 130 Å². The van der Waals surface area contributed by atoms with Crippen LogP contribution in [0.1, 0.15) is 38.3 Å². The lowest BCUT2D eigenvalue weighted by atomic mass is 10.1. The molecule has 1 unspecified atom stereocenters. The lowest BCUT2D eigenvalue weighted by molar-refractivity contribution is 0.337. The van der Waals surface area contributed by atoms with Crippen LogP contribution >= 0.6 is 0 Å². The summed E-state index contributed by atoms with van der Waals surface area (Å²) in [5.74, 6) is 0. The molecule has 3 heteroatoms. The second-order valence-electron chi connectivity index (χ2n) is 6.80. The van der Waals surface area contributed by atoms with E-state index < -0.39 is 0 Å². The standard InChI is InChI=1S/C18H31N3/c1-14(2)19-12-17-7-8-18(11-15(17)3)21-10-6-9-20(5)13-16(21)4/h7-8,11,14,16,19H,6,9-10,12-13H2,1-5H3. The van der Waals surface area contributed by atoms with Crippen molar-refractivity contribution in [2.75, 3.05) is 31.6 Å². The molecule has 1 aliphatic rings. The molecule has 1 saturated heterocycles. The molecule has 0 aromatic heterocycles. The molecule has 1 atom stereocenters. The zero-order chi connectivity index (χ0) is 15.4. The van der Waals surface area contributed by atoms with Crippen LogP contribution < -0.4 is 10.2 Å². The molecule has 1 aromatic rings. The second-order valence-corrected chi connectivity index (χ2v) is 6.80. The maximum absolute atomic E-state index is 3.51. The molecule has 0 radical (unpaired) electrons. The highest BCUT2D eigenvalue weighted by molar-refractivity contribution is 5.51. The monoisotopic (exact) mass is 289 g/mol. The average molecular weight is 289 g/mol. The molecule has 1 heterocycles. The smallest absolute Gasteiger partial charge is 0.0388 e. The summed E-state index contributed by atoms with van der Waals surface area (Å²) in [6.45, 7) is 13.4. The molecule has 0 saturated carbocycles. The van der Waals surface area contributed by atoms with Gasteiger partial charge in [-0.3, -0.25) is 0 Å². The van der Waals surface area contributed by atoms with Crippen molar-refractivity contribution in [3.8, 4) is 0 Å². The Kier molecular flexibility index (Phi) is 5.65. The molecule has 1 N–H and O–H groups in total. The highest BCUT2D eigenvalue weighted by Crippen LogP contribution is 2.23. The molecule has 1 aromatic carbocycles. The number of likely N-dealkylation sites (N-methyl/N-ethyl adjacent to an activating group) is 1. The van der Waals surface area contributed by atoms with Gasteiger partial charge in [-0.1, -0.05) is 19.9 Å². The van der Waals surface area contributed by atoms with Crippen molar-refractivity contribution in [1.29, 1.82) is 0 Å². The first kappa shape index (κ1) is 16.3. The normalized spacial score (nSPS) is 20.9. The van der Waals surface area contributed by atoms with Crippen molar-refractivity contribution in [1.82, 2.24) is 10.2 Å². The summed E-state index contributed by atoms with van der Waals surface area (Å²) in [5, 5.41) is 3.51. The molecular formula is C18H31N3. The molecule has 118 valence electrons. The zero-order valence-electron chi connectivity index (χ0n) is 14.3. The number of rotatable bonds is 4. The van der Waals surface area contributed by atoms with E-state index in [0.717, 1.165) is 19.6 Å². The van der Waals surface area contributed by atoms with E-state index >= 15 is 0 Å².